The van der Waals surface area contributed by atoms with Crippen molar-refractivity contribution in [2.75, 3.05) is 11.9 Å². The van der Waals surface area contributed by atoms with Gasteiger partial charge in [-0.05, 0) is 26.7 Å². The molecule has 1 aliphatic rings. The van der Waals surface area contributed by atoms with Crippen LogP contribution in [-0.2, 0) is 0 Å². The summed E-state index contributed by atoms with van der Waals surface area (Å²) < 4.78 is 0. The second-order valence-corrected chi connectivity index (χ2v) is 7.40. The summed E-state index contributed by atoms with van der Waals surface area (Å²) in [6.45, 7) is 4.23. The molecule has 6 nitrogen and oxygen atoms in total. The van der Waals surface area contributed by atoms with Crippen molar-refractivity contribution < 1.29 is 9.90 Å². The van der Waals surface area contributed by atoms with Crippen molar-refractivity contribution in [3.8, 4) is 0 Å². The average Bonchev–Trinajstić information content (AvgIpc) is 2.97. The third-order valence-corrected chi connectivity index (χ3v) is 5.46. The number of hydrogen-bond donors (Lipinski definition) is 1. The number of aromatic carboxylic acids is 1. The van der Waals surface area contributed by atoms with Crippen LogP contribution in [-0.4, -0.2) is 39.1 Å². The molecule has 1 aliphatic carbocycles. The molecule has 2 heterocycles. The number of anilines is 1. The number of carboxylic acids is 1. The van der Waals surface area contributed by atoms with Crippen LogP contribution in [0.4, 0.5) is 5.82 Å². The Morgan fingerprint density at radius 3 is 2.52 bits per heavy atom. The van der Waals surface area contributed by atoms with E-state index in [-0.39, 0.29) is 5.01 Å². The van der Waals surface area contributed by atoms with E-state index in [1.165, 1.54) is 19.3 Å². The van der Waals surface area contributed by atoms with Gasteiger partial charge in [-0.1, -0.05) is 30.6 Å². The van der Waals surface area contributed by atoms with Gasteiger partial charge < -0.3 is 10.0 Å². The molecule has 0 radical (unpaired) electrons. The SMILES string of the molecule is CC(C)N(C)c1nc2sc(C(=O)O)nc2nc1C1CCCCC1. The van der Waals surface area contributed by atoms with Gasteiger partial charge >= 0.3 is 5.97 Å². The molecule has 1 fully saturated rings. The zero-order chi connectivity index (χ0) is 16.6. The van der Waals surface area contributed by atoms with E-state index >= 15 is 0 Å². The molecule has 0 atom stereocenters. The Morgan fingerprint density at radius 2 is 1.91 bits per heavy atom. The highest BCUT2D eigenvalue weighted by atomic mass is 32.1. The molecule has 0 unspecified atom stereocenters. The van der Waals surface area contributed by atoms with Gasteiger partial charge in [0.2, 0.25) is 5.01 Å². The summed E-state index contributed by atoms with van der Waals surface area (Å²) in [6.07, 6.45) is 5.95. The first-order valence-corrected chi connectivity index (χ1v) is 8.93. The Balaban J connectivity index is 2.12. The van der Waals surface area contributed by atoms with Crippen LogP contribution in [0.3, 0.4) is 0 Å². The van der Waals surface area contributed by atoms with E-state index < -0.39 is 5.97 Å². The van der Waals surface area contributed by atoms with Crippen molar-refractivity contribution in [3.63, 3.8) is 0 Å². The molecule has 0 aromatic carbocycles. The number of aromatic nitrogens is 3. The number of carbonyl (C=O) groups is 1. The molecular weight excluding hydrogens is 312 g/mol. The topological polar surface area (TPSA) is 79.2 Å². The van der Waals surface area contributed by atoms with Crippen molar-refractivity contribution in [1.29, 1.82) is 0 Å². The highest BCUT2D eigenvalue weighted by Crippen LogP contribution is 2.37. The quantitative estimate of drug-likeness (QED) is 0.919. The summed E-state index contributed by atoms with van der Waals surface area (Å²) in [5, 5.41) is 9.21. The zero-order valence-corrected chi connectivity index (χ0v) is 14.6. The highest BCUT2D eigenvalue weighted by Gasteiger charge is 2.26. The van der Waals surface area contributed by atoms with E-state index in [2.05, 4.69) is 23.7 Å². The lowest BCUT2D eigenvalue weighted by molar-refractivity contribution is 0.0696. The van der Waals surface area contributed by atoms with Gasteiger partial charge in [0.1, 0.15) is 0 Å². The van der Waals surface area contributed by atoms with E-state index in [0.717, 1.165) is 35.7 Å². The molecule has 0 spiro atoms. The van der Waals surface area contributed by atoms with Crippen molar-refractivity contribution in [3.05, 3.63) is 10.7 Å². The molecule has 0 amide bonds. The van der Waals surface area contributed by atoms with Crippen molar-refractivity contribution in [2.45, 2.75) is 57.9 Å². The first-order valence-electron chi connectivity index (χ1n) is 8.12. The van der Waals surface area contributed by atoms with Gasteiger partial charge in [-0.25, -0.2) is 19.7 Å². The normalized spacial score (nSPS) is 16.2. The number of carboxylic acid groups (broad SMARTS) is 1. The Bertz CT molecular complexity index is 722. The number of nitrogens with zero attached hydrogens (tertiary/aromatic N) is 4. The third kappa shape index (κ3) is 3.15. The Morgan fingerprint density at radius 1 is 1.22 bits per heavy atom. The summed E-state index contributed by atoms with van der Waals surface area (Å²) >= 11 is 1.09. The molecule has 124 valence electrons. The Hall–Kier alpha value is -1.76. The van der Waals surface area contributed by atoms with Gasteiger partial charge in [0.25, 0.3) is 0 Å². The van der Waals surface area contributed by atoms with Gasteiger partial charge in [-0.15, -0.1) is 0 Å². The van der Waals surface area contributed by atoms with Crippen LogP contribution in [0.25, 0.3) is 10.5 Å². The fraction of sp³-hybridized carbons (Fsp3) is 0.625. The minimum Gasteiger partial charge on any atom is -0.476 e. The molecule has 0 bridgehead atoms. The van der Waals surface area contributed by atoms with Crippen LogP contribution >= 0.6 is 11.3 Å². The maximum Gasteiger partial charge on any atom is 0.365 e. The van der Waals surface area contributed by atoms with Gasteiger partial charge in [0, 0.05) is 19.0 Å². The van der Waals surface area contributed by atoms with E-state index in [1.54, 1.807) is 0 Å². The van der Waals surface area contributed by atoms with Crippen LogP contribution in [0.1, 0.15) is 67.4 Å². The number of hydrogen-bond acceptors (Lipinski definition) is 6. The van der Waals surface area contributed by atoms with Crippen LogP contribution in [0.2, 0.25) is 0 Å². The maximum absolute atomic E-state index is 11.2. The summed E-state index contributed by atoms with van der Waals surface area (Å²) in [5.74, 6) is 0.250. The second-order valence-electron chi connectivity index (χ2n) is 6.42. The largest absolute Gasteiger partial charge is 0.476 e. The molecule has 1 N–H and O–H groups in total. The lowest BCUT2D eigenvalue weighted by Crippen LogP contribution is -2.29. The molecular formula is C16H22N4O2S. The van der Waals surface area contributed by atoms with Gasteiger partial charge in [0.05, 0.1) is 5.69 Å². The molecule has 1 saturated carbocycles. The first kappa shape index (κ1) is 16.1. The third-order valence-electron chi connectivity index (χ3n) is 4.54. The molecule has 2 aromatic rings. The maximum atomic E-state index is 11.2. The molecule has 0 saturated heterocycles. The van der Waals surface area contributed by atoms with E-state index in [0.29, 0.717) is 22.4 Å². The van der Waals surface area contributed by atoms with Gasteiger partial charge in [0.15, 0.2) is 16.3 Å². The summed E-state index contributed by atoms with van der Waals surface area (Å²) in [7, 11) is 2.02. The van der Waals surface area contributed by atoms with Crippen molar-refractivity contribution in [2.24, 2.45) is 0 Å². The van der Waals surface area contributed by atoms with Gasteiger partial charge in [-0.3, -0.25) is 0 Å². The predicted molar refractivity (Wildman–Crippen MR) is 91.5 cm³/mol. The zero-order valence-electron chi connectivity index (χ0n) is 13.7. The summed E-state index contributed by atoms with van der Waals surface area (Å²) in [6, 6.07) is 0.302. The fourth-order valence-electron chi connectivity index (χ4n) is 3.01. The smallest absolute Gasteiger partial charge is 0.365 e. The van der Waals surface area contributed by atoms with Crippen molar-refractivity contribution in [1.82, 2.24) is 15.0 Å². The number of thiazole rings is 1. The molecule has 0 aliphatic heterocycles. The van der Waals surface area contributed by atoms with Crippen LogP contribution < -0.4 is 4.90 Å². The lowest BCUT2D eigenvalue weighted by atomic mass is 9.86. The second kappa shape index (κ2) is 6.39. The van der Waals surface area contributed by atoms with Crippen LogP contribution in [0.15, 0.2) is 0 Å². The van der Waals surface area contributed by atoms with E-state index in [9.17, 15) is 4.79 Å². The summed E-state index contributed by atoms with van der Waals surface area (Å²) in [4.78, 5) is 27.5. The Kier molecular flexibility index (Phi) is 4.48. The fourth-order valence-corrected chi connectivity index (χ4v) is 3.73. The number of fused-ring (bicyclic) bond motifs is 1. The molecule has 2 aromatic heterocycles. The van der Waals surface area contributed by atoms with Crippen molar-refractivity contribution >= 4 is 33.6 Å². The first-order chi connectivity index (χ1) is 11.0. The van der Waals surface area contributed by atoms with Crippen LogP contribution in [0.5, 0.6) is 0 Å². The molecule has 7 heteroatoms. The van der Waals surface area contributed by atoms with E-state index in [4.69, 9.17) is 15.1 Å². The Labute approximate surface area is 139 Å². The molecule has 3 rings (SSSR count). The van der Waals surface area contributed by atoms with Crippen LogP contribution in [0, 0.1) is 0 Å². The standard InChI is InChI=1S/C16H22N4O2S/c1-9(2)20(3)13-11(10-7-5-4-6-8-10)17-12-14(19-13)23-15(18-12)16(21)22/h9-10H,4-8H2,1-3H3,(H,21,22). The van der Waals surface area contributed by atoms with Gasteiger partial charge in [-0.2, -0.15) is 0 Å². The number of rotatable bonds is 4. The molecule has 23 heavy (non-hydrogen) atoms. The van der Waals surface area contributed by atoms with E-state index in [1.807, 2.05) is 7.05 Å². The predicted octanol–water partition coefficient (Wildman–Crippen LogP) is 3.68. The minimum atomic E-state index is -1.02. The monoisotopic (exact) mass is 334 g/mol. The minimum absolute atomic E-state index is 0.0546. The lowest BCUT2D eigenvalue weighted by Gasteiger charge is -2.28. The summed E-state index contributed by atoms with van der Waals surface area (Å²) in [5.41, 5.74) is 1.45. The average molecular weight is 334 g/mol. The highest BCUT2D eigenvalue weighted by molar-refractivity contribution is 7.19.